The fourth-order valence-electron chi connectivity index (χ4n) is 5.45. The van der Waals surface area contributed by atoms with Crippen LogP contribution in [0.25, 0.3) is 0 Å². The van der Waals surface area contributed by atoms with Crippen LogP contribution < -0.4 is 10.6 Å². The van der Waals surface area contributed by atoms with E-state index in [9.17, 15) is 9.90 Å². The van der Waals surface area contributed by atoms with Gasteiger partial charge in [-0.05, 0) is 57.3 Å². The van der Waals surface area contributed by atoms with Crippen molar-refractivity contribution < 1.29 is 38.7 Å². The fourth-order valence-corrected chi connectivity index (χ4v) is 7.72. The number of ether oxygens (including phenoxy) is 5. The molecule has 0 heterocycles. The van der Waals surface area contributed by atoms with Crippen molar-refractivity contribution in [1.29, 1.82) is 0 Å². The third-order valence-corrected chi connectivity index (χ3v) is 10.8. The number of carbonyl (C=O) groups is 1. The predicted molar refractivity (Wildman–Crippen MR) is 176 cm³/mol. The molecule has 1 saturated carbocycles. The number of aliphatic hydroxyl groups excluding tert-OH is 2. The van der Waals surface area contributed by atoms with Crippen LogP contribution in [0, 0.1) is 23.7 Å². The summed E-state index contributed by atoms with van der Waals surface area (Å²) in [7, 11) is 3.35. The van der Waals surface area contributed by atoms with E-state index >= 15 is 0 Å². The molecule has 4 N–H and O–H groups in total. The van der Waals surface area contributed by atoms with Crippen LogP contribution in [0.3, 0.4) is 0 Å². The second-order valence-electron chi connectivity index (χ2n) is 11.6. The highest BCUT2D eigenvalue weighted by Gasteiger charge is 2.44. The van der Waals surface area contributed by atoms with Gasteiger partial charge in [0.15, 0.2) is 0 Å². The molecule has 1 fully saturated rings. The molecule has 12 heteroatoms. The van der Waals surface area contributed by atoms with Crippen LogP contribution >= 0.6 is 21.6 Å². The number of hydrogen-bond donors (Lipinski definition) is 4. The second kappa shape index (κ2) is 21.4. The standard InChI is InChI=1S/C32H52N2O8S2/c1-32(2,44-43-24-40-17-8-7-16-35)13-18-41-30(36)33-14-19-38-21-22-39-20-15-34-31(37)42-23-29-27-11-5-3-9-25(27)26-10-4-6-12-28(26)29/h3-6,9,11-12,25-27,29,31,34-35,37H,7-8,10,13-24H2,1-2H3,(H,33,36). The van der Waals surface area contributed by atoms with E-state index in [0.717, 1.165) is 25.7 Å². The Morgan fingerprint density at radius 3 is 2.57 bits per heavy atom. The average Bonchev–Trinajstić information content (AvgIpc) is 3.34. The minimum Gasteiger partial charge on any atom is -0.450 e. The Kier molecular flexibility index (Phi) is 18.1. The molecular formula is C32H52N2O8S2. The third kappa shape index (κ3) is 14.0. The number of hydrogen-bond acceptors (Lipinski definition) is 11. The van der Waals surface area contributed by atoms with Crippen molar-refractivity contribution in [3.63, 3.8) is 0 Å². The lowest BCUT2D eigenvalue weighted by molar-refractivity contribution is -0.130. The largest absolute Gasteiger partial charge is 0.450 e. The molecule has 3 rings (SSSR count). The maximum atomic E-state index is 11.9. The van der Waals surface area contributed by atoms with Gasteiger partial charge >= 0.3 is 6.09 Å². The molecule has 3 aliphatic carbocycles. The van der Waals surface area contributed by atoms with Crippen molar-refractivity contribution in [3.05, 3.63) is 48.1 Å². The third-order valence-electron chi connectivity index (χ3n) is 7.76. The lowest BCUT2D eigenvalue weighted by Crippen LogP contribution is -2.36. The van der Waals surface area contributed by atoms with Gasteiger partial charge < -0.3 is 39.2 Å². The van der Waals surface area contributed by atoms with E-state index in [0.29, 0.717) is 83.0 Å². The summed E-state index contributed by atoms with van der Waals surface area (Å²) in [5, 5.41) is 24.7. The number of amides is 1. The van der Waals surface area contributed by atoms with E-state index in [-0.39, 0.29) is 17.3 Å². The van der Waals surface area contributed by atoms with E-state index in [1.807, 2.05) is 0 Å². The molecule has 3 aliphatic rings. The van der Waals surface area contributed by atoms with Crippen LogP contribution in [0.1, 0.15) is 39.5 Å². The number of aliphatic hydroxyl groups is 2. The van der Waals surface area contributed by atoms with Crippen LogP contribution in [0.5, 0.6) is 0 Å². The monoisotopic (exact) mass is 656 g/mol. The first kappa shape index (κ1) is 37.1. The molecule has 250 valence electrons. The Balaban J connectivity index is 1.10. The van der Waals surface area contributed by atoms with E-state index in [1.165, 1.54) is 5.57 Å². The number of unbranched alkanes of at least 4 members (excludes halogenated alkanes) is 1. The zero-order valence-corrected chi connectivity index (χ0v) is 27.8. The second-order valence-corrected chi connectivity index (χ2v) is 14.5. The van der Waals surface area contributed by atoms with Crippen molar-refractivity contribution in [1.82, 2.24) is 10.6 Å². The Hall–Kier alpha value is -1.35. The number of allylic oxidation sites excluding steroid dienone is 7. The summed E-state index contributed by atoms with van der Waals surface area (Å²) in [4.78, 5) is 11.9. The summed E-state index contributed by atoms with van der Waals surface area (Å²) in [5.41, 5.74) is 1.43. The Morgan fingerprint density at radius 2 is 1.77 bits per heavy atom. The first-order chi connectivity index (χ1) is 21.4. The lowest BCUT2D eigenvalue weighted by atomic mass is 9.82. The molecule has 0 bridgehead atoms. The first-order valence-electron chi connectivity index (χ1n) is 15.7. The summed E-state index contributed by atoms with van der Waals surface area (Å²) < 4.78 is 27.6. The van der Waals surface area contributed by atoms with E-state index in [1.54, 1.807) is 21.6 Å². The van der Waals surface area contributed by atoms with Crippen molar-refractivity contribution in [2.24, 2.45) is 23.7 Å². The molecule has 0 aliphatic heterocycles. The minimum absolute atomic E-state index is 0.0537. The van der Waals surface area contributed by atoms with E-state index in [4.69, 9.17) is 28.8 Å². The summed E-state index contributed by atoms with van der Waals surface area (Å²) in [6, 6.07) is 0. The van der Waals surface area contributed by atoms with Gasteiger partial charge in [0.25, 0.3) is 0 Å². The van der Waals surface area contributed by atoms with Crippen LogP contribution in [0.2, 0.25) is 0 Å². The zero-order valence-electron chi connectivity index (χ0n) is 26.2. The molecule has 0 aromatic carbocycles. The van der Waals surface area contributed by atoms with Gasteiger partial charge in [0.05, 0.1) is 39.6 Å². The SMILES string of the molecule is CC(C)(CCOC(=O)NCCOCCOCCNC(O)OCC1C2=CC=CCC2C2C=CC=CC12)SSCOCCCCO. The normalized spacial score (nSPS) is 22.9. The summed E-state index contributed by atoms with van der Waals surface area (Å²) in [6.45, 7) is 8.28. The molecule has 0 aromatic heterocycles. The highest BCUT2D eigenvalue weighted by atomic mass is 33.1. The highest BCUT2D eigenvalue weighted by molar-refractivity contribution is 8.77. The molecule has 10 nitrogen and oxygen atoms in total. The van der Waals surface area contributed by atoms with Gasteiger partial charge in [0, 0.05) is 37.0 Å². The van der Waals surface area contributed by atoms with Gasteiger partial charge in [-0.1, -0.05) is 69.7 Å². The van der Waals surface area contributed by atoms with Crippen LogP contribution in [0.15, 0.2) is 48.1 Å². The Bertz CT molecular complexity index is 945. The summed E-state index contributed by atoms with van der Waals surface area (Å²) in [6.07, 6.45) is 17.4. The maximum Gasteiger partial charge on any atom is 0.407 e. The van der Waals surface area contributed by atoms with E-state index in [2.05, 4.69) is 67.0 Å². The molecular weight excluding hydrogens is 604 g/mol. The smallest absolute Gasteiger partial charge is 0.407 e. The van der Waals surface area contributed by atoms with Gasteiger partial charge in [-0.25, -0.2) is 4.79 Å². The van der Waals surface area contributed by atoms with Gasteiger partial charge in [0.2, 0.25) is 6.41 Å². The molecule has 0 radical (unpaired) electrons. The number of carbonyl (C=O) groups excluding carboxylic acids is 1. The number of fused-ring (bicyclic) bond motifs is 3. The molecule has 44 heavy (non-hydrogen) atoms. The maximum absolute atomic E-state index is 11.9. The molecule has 5 unspecified atom stereocenters. The lowest BCUT2D eigenvalue weighted by Gasteiger charge is -2.23. The zero-order chi connectivity index (χ0) is 31.5. The summed E-state index contributed by atoms with van der Waals surface area (Å²) >= 11 is 0. The molecule has 0 spiro atoms. The number of alkyl carbamates (subject to hydrolysis) is 1. The van der Waals surface area contributed by atoms with Crippen molar-refractivity contribution in [2.75, 3.05) is 71.9 Å². The average molecular weight is 657 g/mol. The first-order valence-corrected chi connectivity index (χ1v) is 18.0. The van der Waals surface area contributed by atoms with Gasteiger partial charge in [0.1, 0.15) is 5.94 Å². The quantitative estimate of drug-likeness (QED) is 0.0670. The molecule has 0 saturated heterocycles. The predicted octanol–water partition coefficient (Wildman–Crippen LogP) is 4.42. The Morgan fingerprint density at radius 1 is 1.00 bits per heavy atom. The number of nitrogens with one attached hydrogen (secondary N) is 2. The van der Waals surface area contributed by atoms with Gasteiger partial charge in [-0.15, -0.1) is 0 Å². The molecule has 0 aromatic rings. The fraction of sp³-hybridized carbons (Fsp3) is 0.719. The summed E-state index contributed by atoms with van der Waals surface area (Å²) in [5.74, 6) is 2.32. The van der Waals surface area contributed by atoms with Crippen LogP contribution in [0.4, 0.5) is 4.79 Å². The minimum atomic E-state index is -1.04. The Labute approximate surface area is 270 Å². The van der Waals surface area contributed by atoms with Crippen molar-refractivity contribution in [2.45, 2.75) is 50.7 Å². The van der Waals surface area contributed by atoms with Crippen molar-refractivity contribution >= 4 is 27.7 Å². The van der Waals surface area contributed by atoms with Crippen LogP contribution in [-0.4, -0.2) is 99.4 Å². The topological polar surface area (TPSA) is 128 Å². The highest BCUT2D eigenvalue weighted by Crippen LogP contribution is 2.51. The van der Waals surface area contributed by atoms with Crippen molar-refractivity contribution in [3.8, 4) is 0 Å². The van der Waals surface area contributed by atoms with E-state index < -0.39 is 12.5 Å². The number of rotatable bonds is 24. The molecule has 1 amide bonds. The van der Waals surface area contributed by atoms with Gasteiger partial charge in [-0.3, -0.25) is 5.32 Å². The molecule has 5 atom stereocenters. The van der Waals surface area contributed by atoms with Crippen LogP contribution in [-0.2, 0) is 23.7 Å². The van der Waals surface area contributed by atoms with Gasteiger partial charge in [-0.2, -0.15) is 0 Å².